The lowest BCUT2D eigenvalue weighted by atomic mass is 10.0. The molecule has 1 heterocycles. The highest BCUT2D eigenvalue weighted by molar-refractivity contribution is 6.39. The van der Waals surface area contributed by atoms with Crippen LogP contribution in [0.3, 0.4) is 0 Å². The van der Waals surface area contributed by atoms with Crippen molar-refractivity contribution in [3.05, 3.63) is 12.2 Å². The number of rotatable bonds is 2. The molecule has 0 radical (unpaired) electrons. The van der Waals surface area contributed by atoms with E-state index in [0.29, 0.717) is 0 Å². The summed E-state index contributed by atoms with van der Waals surface area (Å²) in [4.78, 5) is 0. The average molecular weight is 170 g/mol. The smallest absolute Gasteiger partial charge is 0.0711 e. The maximum atomic E-state index is 5.84. The van der Waals surface area contributed by atoms with Crippen LogP contribution < -0.4 is 0 Å². The van der Waals surface area contributed by atoms with E-state index in [-0.39, 0.29) is 14.7 Å². The molecule has 64 valence electrons. The molecule has 1 nitrogen and oxygen atoms in total. The Kier molecular flexibility index (Phi) is 2.90. The first-order valence-electron chi connectivity index (χ1n) is 4.51. The monoisotopic (exact) mass is 170 g/mol. The Hall–Kier alpha value is -0.0831. The number of hydrogen-bond acceptors (Lipinski definition) is 1. The molecule has 0 aromatic rings. The van der Waals surface area contributed by atoms with Gasteiger partial charge in [0.2, 0.25) is 0 Å². The maximum absolute atomic E-state index is 5.84. The molecule has 0 aromatic carbocycles. The average Bonchev–Trinajstić information content (AvgIpc) is 2.05. The molecule has 1 aliphatic heterocycles. The summed E-state index contributed by atoms with van der Waals surface area (Å²) in [7, 11) is -0.108. The van der Waals surface area contributed by atoms with Gasteiger partial charge >= 0.3 is 0 Å². The van der Waals surface area contributed by atoms with E-state index in [9.17, 15) is 0 Å². The Morgan fingerprint density at radius 2 is 2.27 bits per heavy atom. The summed E-state index contributed by atoms with van der Waals surface area (Å²) in [5.41, 5.74) is 1.26. The fourth-order valence-corrected chi connectivity index (χ4v) is 3.33. The zero-order valence-corrected chi connectivity index (χ0v) is 9.07. The van der Waals surface area contributed by atoms with Gasteiger partial charge in [0.1, 0.15) is 0 Å². The molecule has 0 aliphatic carbocycles. The van der Waals surface area contributed by atoms with E-state index in [0.717, 1.165) is 6.61 Å². The van der Waals surface area contributed by atoms with Gasteiger partial charge < -0.3 is 4.74 Å². The van der Waals surface area contributed by atoms with Crippen molar-refractivity contribution < 1.29 is 4.74 Å². The van der Waals surface area contributed by atoms with Gasteiger partial charge in [-0.15, -0.1) is 0 Å². The highest BCUT2D eigenvalue weighted by Gasteiger charge is 2.31. The third-order valence-corrected chi connectivity index (χ3v) is 5.01. The molecule has 1 atom stereocenters. The van der Waals surface area contributed by atoms with Crippen LogP contribution in [0.5, 0.6) is 0 Å². The topological polar surface area (TPSA) is 9.23 Å². The number of ether oxygens (including phenoxy) is 1. The molecule has 2 heteroatoms. The fraction of sp³-hybridized carbons (Fsp3) is 0.778. The quantitative estimate of drug-likeness (QED) is 0.452. The molecule has 1 unspecified atom stereocenters. The molecule has 0 bridgehead atoms. The summed E-state index contributed by atoms with van der Waals surface area (Å²) in [6.45, 7) is 9.42. The van der Waals surface area contributed by atoms with Crippen LogP contribution in [0.4, 0.5) is 0 Å². The van der Waals surface area contributed by atoms with Crippen LogP contribution in [0, 0.1) is 0 Å². The zero-order chi connectivity index (χ0) is 8.32. The minimum absolute atomic E-state index is 0.108. The van der Waals surface area contributed by atoms with E-state index < -0.39 is 0 Å². The maximum Gasteiger partial charge on any atom is 0.0711 e. The molecule has 0 amide bonds. The molecule has 0 N–H and O–H groups in total. The molecular weight excluding hydrogens is 152 g/mol. The molecule has 0 saturated carbocycles. The van der Waals surface area contributed by atoms with Gasteiger partial charge in [-0.25, -0.2) is 0 Å². The van der Waals surface area contributed by atoms with E-state index >= 15 is 0 Å². The van der Waals surface area contributed by atoms with Crippen molar-refractivity contribution in [2.45, 2.75) is 38.0 Å². The lowest BCUT2D eigenvalue weighted by molar-refractivity contribution is 0.00556. The van der Waals surface area contributed by atoms with E-state index in [1.54, 1.807) is 0 Å². The van der Waals surface area contributed by atoms with Crippen molar-refractivity contribution in [2.24, 2.45) is 0 Å². The van der Waals surface area contributed by atoms with Crippen molar-refractivity contribution in [3.63, 3.8) is 0 Å². The van der Waals surface area contributed by atoms with Gasteiger partial charge in [-0.3, -0.25) is 0 Å². The lowest BCUT2D eigenvalue weighted by Gasteiger charge is -2.37. The summed E-state index contributed by atoms with van der Waals surface area (Å²) >= 11 is 0. The predicted octanol–water partition coefficient (Wildman–Crippen LogP) is 1.68. The Morgan fingerprint density at radius 1 is 1.55 bits per heavy atom. The number of hydrogen-bond donors (Lipinski definition) is 0. The Labute approximate surface area is 71.7 Å². The van der Waals surface area contributed by atoms with Crippen LogP contribution in [0.1, 0.15) is 26.2 Å². The van der Waals surface area contributed by atoms with Crippen molar-refractivity contribution in [1.29, 1.82) is 0 Å². The van der Waals surface area contributed by atoms with E-state index in [2.05, 4.69) is 20.0 Å². The lowest BCUT2D eigenvalue weighted by Crippen LogP contribution is -2.41. The fourth-order valence-electron chi connectivity index (χ4n) is 1.77. The van der Waals surface area contributed by atoms with Gasteiger partial charge in [0.15, 0.2) is 0 Å². The van der Waals surface area contributed by atoms with Gasteiger partial charge in [-0.1, -0.05) is 18.7 Å². The molecule has 1 aliphatic rings. The first-order chi connectivity index (χ1) is 5.21. The predicted molar refractivity (Wildman–Crippen MR) is 51.8 cm³/mol. The second-order valence-electron chi connectivity index (χ2n) is 3.43. The third kappa shape index (κ3) is 1.74. The van der Waals surface area contributed by atoms with Crippen LogP contribution in [0.25, 0.3) is 0 Å². The van der Waals surface area contributed by atoms with Gasteiger partial charge in [0.25, 0.3) is 0 Å². The molecule has 1 fully saturated rings. The van der Waals surface area contributed by atoms with Crippen LogP contribution in [0.15, 0.2) is 12.2 Å². The van der Waals surface area contributed by atoms with Gasteiger partial charge in [-0.05, 0) is 26.2 Å². The summed E-state index contributed by atoms with van der Waals surface area (Å²) < 4.78 is 5.84. The van der Waals surface area contributed by atoms with Crippen molar-refractivity contribution in [2.75, 3.05) is 6.61 Å². The standard InChI is InChI=1S/C9H18OSi/c1-8(2)9(11-3)6-4-5-7-10-9/h1,4-7,11H2,2-3H3. The zero-order valence-electron chi connectivity index (χ0n) is 7.65. The first kappa shape index (κ1) is 9.01. The van der Waals surface area contributed by atoms with Gasteiger partial charge in [0.05, 0.1) is 14.7 Å². The van der Waals surface area contributed by atoms with E-state index in [1.807, 2.05) is 0 Å². The summed E-state index contributed by atoms with van der Waals surface area (Å²) in [6.07, 6.45) is 3.79. The minimum Gasteiger partial charge on any atom is -0.375 e. The van der Waals surface area contributed by atoms with Gasteiger partial charge in [-0.2, -0.15) is 0 Å². The largest absolute Gasteiger partial charge is 0.375 e. The molecule has 0 spiro atoms. The minimum atomic E-state index is -0.108. The summed E-state index contributed by atoms with van der Waals surface area (Å²) in [6, 6.07) is 0. The normalized spacial score (nSPS) is 32.9. The van der Waals surface area contributed by atoms with Crippen LogP contribution in [-0.2, 0) is 4.74 Å². The van der Waals surface area contributed by atoms with Crippen LogP contribution >= 0.6 is 0 Å². The highest BCUT2D eigenvalue weighted by atomic mass is 28.2. The Balaban J connectivity index is 2.64. The SMILES string of the molecule is C=C(C)C1([SiH2]C)CCCCO1. The second-order valence-corrected chi connectivity index (χ2v) is 5.28. The molecule has 11 heavy (non-hydrogen) atoms. The highest BCUT2D eigenvalue weighted by Crippen LogP contribution is 2.29. The van der Waals surface area contributed by atoms with Gasteiger partial charge in [0, 0.05) is 6.61 Å². The summed E-state index contributed by atoms with van der Waals surface area (Å²) in [5, 5.41) is 0.165. The molecular formula is C9H18OSi. The summed E-state index contributed by atoms with van der Waals surface area (Å²) in [5.74, 6) is 0. The Bertz CT molecular complexity index is 148. The molecule has 1 saturated heterocycles. The molecule has 1 rings (SSSR count). The van der Waals surface area contributed by atoms with Crippen molar-refractivity contribution in [1.82, 2.24) is 0 Å². The second kappa shape index (κ2) is 3.54. The first-order valence-corrected chi connectivity index (χ1v) is 6.63. The van der Waals surface area contributed by atoms with E-state index in [1.165, 1.54) is 24.8 Å². The Morgan fingerprint density at radius 3 is 2.55 bits per heavy atom. The van der Waals surface area contributed by atoms with Crippen LogP contribution in [0.2, 0.25) is 6.55 Å². The van der Waals surface area contributed by atoms with E-state index in [4.69, 9.17) is 4.74 Å². The molecule has 0 aromatic heterocycles. The third-order valence-electron chi connectivity index (χ3n) is 2.70. The van der Waals surface area contributed by atoms with Crippen molar-refractivity contribution >= 4 is 9.52 Å². The van der Waals surface area contributed by atoms with Crippen LogP contribution in [-0.4, -0.2) is 21.4 Å². The van der Waals surface area contributed by atoms with Crippen molar-refractivity contribution in [3.8, 4) is 0 Å².